The maximum absolute atomic E-state index is 11.7. The molecule has 2 heterocycles. The van der Waals surface area contributed by atoms with Gasteiger partial charge in [-0.2, -0.15) is 0 Å². The lowest BCUT2D eigenvalue weighted by atomic mass is 10.2. The Balaban J connectivity index is 1.92. The molecule has 0 atom stereocenters. The van der Waals surface area contributed by atoms with E-state index in [-0.39, 0.29) is 0 Å². The van der Waals surface area contributed by atoms with E-state index in [0.29, 0.717) is 16.6 Å². The van der Waals surface area contributed by atoms with Crippen LogP contribution in [0.5, 0.6) is 0 Å². The van der Waals surface area contributed by atoms with Crippen LogP contribution in [0.1, 0.15) is 10.4 Å². The number of aliphatic imine (C=N–C) groups is 1. The zero-order chi connectivity index (χ0) is 13.2. The standard InChI is InChI=1S/C14H8ClNO2S/c15-10-5-3-9(4-6-10)8-11-14(17)18-13(16-11)12-2-1-7-19-12/h1-8H/b11-8+. The summed E-state index contributed by atoms with van der Waals surface area (Å²) in [5.74, 6) is -0.0708. The van der Waals surface area contributed by atoms with Gasteiger partial charge in [0.05, 0.1) is 4.88 Å². The summed E-state index contributed by atoms with van der Waals surface area (Å²) in [7, 11) is 0. The molecule has 94 valence electrons. The van der Waals surface area contributed by atoms with Crippen LogP contribution >= 0.6 is 22.9 Å². The molecule has 0 unspecified atom stereocenters. The lowest BCUT2D eigenvalue weighted by Crippen LogP contribution is -2.03. The molecule has 0 aliphatic carbocycles. The second-order valence-corrected chi connectivity index (χ2v) is 5.25. The normalized spacial score (nSPS) is 16.6. The quantitative estimate of drug-likeness (QED) is 0.624. The van der Waals surface area contributed by atoms with Crippen LogP contribution in [0.3, 0.4) is 0 Å². The van der Waals surface area contributed by atoms with Gasteiger partial charge in [-0.25, -0.2) is 9.79 Å². The molecule has 0 fully saturated rings. The molecule has 0 N–H and O–H groups in total. The third-order valence-electron chi connectivity index (χ3n) is 2.53. The number of hydrogen-bond donors (Lipinski definition) is 0. The van der Waals surface area contributed by atoms with Gasteiger partial charge in [-0.15, -0.1) is 11.3 Å². The molecule has 19 heavy (non-hydrogen) atoms. The van der Waals surface area contributed by atoms with E-state index in [4.69, 9.17) is 16.3 Å². The van der Waals surface area contributed by atoms with Crippen molar-refractivity contribution < 1.29 is 9.53 Å². The van der Waals surface area contributed by atoms with Crippen LogP contribution in [0.4, 0.5) is 0 Å². The van der Waals surface area contributed by atoms with Gasteiger partial charge in [-0.1, -0.05) is 29.8 Å². The first-order chi connectivity index (χ1) is 9.22. The Morgan fingerprint density at radius 1 is 1.21 bits per heavy atom. The van der Waals surface area contributed by atoms with Gasteiger partial charge in [-0.05, 0) is 35.2 Å². The highest BCUT2D eigenvalue weighted by atomic mass is 35.5. The minimum absolute atomic E-state index is 0.297. The van der Waals surface area contributed by atoms with Crippen molar-refractivity contribution in [2.45, 2.75) is 0 Å². The van der Waals surface area contributed by atoms with E-state index in [9.17, 15) is 4.79 Å². The molecule has 0 radical (unpaired) electrons. The lowest BCUT2D eigenvalue weighted by Gasteiger charge is -1.94. The fraction of sp³-hybridized carbons (Fsp3) is 0. The smallest absolute Gasteiger partial charge is 0.363 e. The molecule has 1 aromatic carbocycles. The van der Waals surface area contributed by atoms with Gasteiger partial charge >= 0.3 is 5.97 Å². The van der Waals surface area contributed by atoms with Crippen LogP contribution in [0.15, 0.2) is 52.5 Å². The molecule has 1 aliphatic rings. The highest BCUT2D eigenvalue weighted by Crippen LogP contribution is 2.21. The fourth-order valence-corrected chi connectivity index (χ4v) is 2.41. The molecule has 2 aromatic rings. The molecular formula is C14H8ClNO2S. The first kappa shape index (κ1) is 12.1. The number of esters is 1. The summed E-state index contributed by atoms with van der Waals surface area (Å²) in [5.41, 5.74) is 1.15. The average Bonchev–Trinajstić information content (AvgIpc) is 3.03. The van der Waals surface area contributed by atoms with E-state index in [1.54, 1.807) is 18.2 Å². The fourth-order valence-electron chi connectivity index (χ4n) is 1.63. The molecule has 0 saturated carbocycles. The average molecular weight is 290 g/mol. The van der Waals surface area contributed by atoms with Gasteiger partial charge in [0, 0.05) is 5.02 Å². The maximum Gasteiger partial charge on any atom is 0.363 e. The number of halogens is 1. The second-order valence-electron chi connectivity index (χ2n) is 3.86. The van der Waals surface area contributed by atoms with Crippen LogP contribution in [-0.4, -0.2) is 11.9 Å². The Hall–Kier alpha value is -1.91. The van der Waals surface area contributed by atoms with Gasteiger partial charge in [-0.3, -0.25) is 0 Å². The van der Waals surface area contributed by atoms with E-state index >= 15 is 0 Å². The van der Waals surface area contributed by atoms with Crippen molar-refractivity contribution >= 4 is 40.9 Å². The molecule has 3 rings (SSSR count). The van der Waals surface area contributed by atoms with E-state index < -0.39 is 5.97 Å². The lowest BCUT2D eigenvalue weighted by molar-refractivity contribution is -0.129. The van der Waals surface area contributed by atoms with Crippen LogP contribution < -0.4 is 0 Å². The van der Waals surface area contributed by atoms with Crippen LogP contribution in [0, 0.1) is 0 Å². The zero-order valence-electron chi connectivity index (χ0n) is 9.67. The Kier molecular flexibility index (Phi) is 3.19. The summed E-state index contributed by atoms with van der Waals surface area (Å²) in [5, 5.41) is 2.56. The van der Waals surface area contributed by atoms with Crippen molar-refractivity contribution in [3.05, 3.63) is 62.9 Å². The number of thiophene rings is 1. The van der Waals surface area contributed by atoms with E-state index in [1.807, 2.05) is 29.6 Å². The summed E-state index contributed by atoms with van der Waals surface area (Å²) in [4.78, 5) is 16.8. The number of ether oxygens (including phenoxy) is 1. The van der Waals surface area contributed by atoms with Crippen molar-refractivity contribution in [1.29, 1.82) is 0 Å². The van der Waals surface area contributed by atoms with Crippen molar-refractivity contribution in [2.24, 2.45) is 4.99 Å². The zero-order valence-corrected chi connectivity index (χ0v) is 11.2. The summed E-state index contributed by atoms with van der Waals surface area (Å²) in [6.45, 7) is 0. The number of hydrogen-bond acceptors (Lipinski definition) is 4. The first-order valence-corrected chi connectivity index (χ1v) is 6.80. The van der Waals surface area contributed by atoms with Crippen LogP contribution in [0.2, 0.25) is 5.02 Å². The SMILES string of the molecule is O=C1OC(c2cccs2)=N/C1=C/c1ccc(Cl)cc1. The van der Waals surface area contributed by atoms with Gasteiger partial charge < -0.3 is 4.74 Å². The van der Waals surface area contributed by atoms with Crippen LogP contribution in [-0.2, 0) is 9.53 Å². The van der Waals surface area contributed by atoms with Gasteiger partial charge in [0.25, 0.3) is 0 Å². The van der Waals surface area contributed by atoms with Crippen LogP contribution in [0.25, 0.3) is 6.08 Å². The van der Waals surface area contributed by atoms with Crippen molar-refractivity contribution in [2.75, 3.05) is 0 Å². The third kappa shape index (κ3) is 2.59. The number of nitrogens with zero attached hydrogens (tertiary/aromatic N) is 1. The number of rotatable bonds is 2. The largest absolute Gasteiger partial charge is 0.401 e. The Morgan fingerprint density at radius 3 is 2.68 bits per heavy atom. The van der Waals surface area contributed by atoms with Crippen molar-refractivity contribution in [3.8, 4) is 0 Å². The molecule has 0 bridgehead atoms. The van der Waals surface area contributed by atoms with E-state index in [2.05, 4.69) is 4.99 Å². The molecule has 0 spiro atoms. The summed E-state index contributed by atoms with van der Waals surface area (Å²) in [6, 6.07) is 10.9. The summed E-state index contributed by atoms with van der Waals surface area (Å²) >= 11 is 7.29. The third-order valence-corrected chi connectivity index (χ3v) is 3.64. The highest BCUT2D eigenvalue weighted by Gasteiger charge is 2.24. The second kappa shape index (κ2) is 4.99. The molecule has 1 aliphatic heterocycles. The molecule has 3 nitrogen and oxygen atoms in total. The number of benzene rings is 1. The minimum atomic E-state index is -0.432. The minimum Gasteiger partial charge on any atom is -0.401 e. The Morgan fingerprint density at radius 2 is 2.00 bits per heavy atom. The molecule has 0 saturated heterocycles. The van der Waals surface area contributed by atoms with Gasteiger partial charge in [0.1, 0.15) is 0 Å². The van der Waals surface area contributed by atoms with Gasteiger partial charge in [0.15, 0.2) is 5.70 Å². The molecular weight excluding hydrogens is 282 g/mol. The summed E-state index contributed by atoms with van der Waals surface area (Å²) < 4.78 is 5.14. The first-order valence-electron chi connectivity index (χ1n) is 5.54. The molecule has 1 aromatic heterocycles. The number of carbonyl (C=O) groups is 1. The highest BCUT2D eigenvalue weighted by molar-refractivity contribution is 7.12. The van der Waals surface area contributed by atoms with E-state index in [1.165, 1.54) is 11.3 Å². The number of carbonyl (C=O) groups excluding carboxylic acids is 1. The van der Waals surface area contributed by atoms with Gasteiger partial charge in [0.2, 0.25) is 5.90 Å². The topological polar surface area (TPSA) is 38.7 Å². The van der Waals surface area contributed by atoms with Crippen molar-refractivity contribution in [3.63, 3.8) is 0 Å². The van der Waals surface area contributed by atoms with Crippen molar-refractivity contribution in [1.82, 2.24) is 0 Å². The Bertz CT molecular complexity index is 672. The predicted octanol–water partition coefficient (Wildman–Crippen LogP) is 3.75. The molecule has 0 amide bonds. The number of cyclic esters (lactones) is 1. The predicted molar refractivity (Wildman–Crippen MR) is 76.4 cm³/mol. The monoisotopic (exact) mass is 289 g/mol. The maximum atomic E-state index is 11.7. The summed E-state index contributed by atoms with van der Waals surface area (Å²) in [6.07, 6.45) is 1.68. The molecule has 5 heteroatoms. The Labute approximate surface area is 118 Å². The van der Waals surface area contributed by atoms with E-state index in [0.717, 1.165) is 10.4 Å².